The van der Waals surface area contributed by atoms with E-state index in [9.17, 15) is 10.1 Å². The van der Waals surface area contributed by atoms with Crippen molar-refractivity contribution in [1.82, 2.24) is 0 Å². The van der Waals surface area contributed by atoms with Crippen LogP contribution in [0.4, 0.5) is 5.00 Å². The Morgan fingerprint density at radius 2 is 1.85 bits per heavy atom. The normalized spacial score (nSPS) is 16.6. The van der Waals surface area contributed by atoms with Gasteiger partial charge in [-0.15, -0.1) is 11.3 Å². The van der Waals surface area contributed by atoms with E-state index in [0.717, 1.165) is 42.7 Å². The summed E-state index contributed by atoms with van der Waals surface area (Å²) in [5.74, 6) is 0.706. The first-order chi connectivity index (χ1) is 12.9. The Labute approximate surface area is 169 Å². The summed E-state index contributed by atoms with van der Waals surface area (Å²) in [5.41, 5.74) is 2.19. The van der Waals surface area contributed by atoms with E-state index in [2.05, 4.69) is 39.1 Å². The van der Waals surface area contributed by atoms with Crippen LogP contribution in [0, 0.1) is 22.7 Å². The Bertz CT molecular complexity index is 663. The molecular weight excluding hydrogens is 352 g/mol. The van der Waals surface area contributed by atoms with Crippen LogP contribution in [-0.2, 0) is 17.6 Å². The van der Waals surface area contributed by atoms with Gasteiger partial charge in [-0.05, 0) is 42.6 Å². The van der Waals surface area contributed by atoms with Crippen molar-refractivity contribution in [3.05, 3.63) is 16.0 Å². The maximum Gasteiger partial charge on any atom is 0.225 e. The van der Waals surface area contributed by atoms with Crippen LogP contribution in [0.1, 0.15) is 101 Å². The number of carbonyl (C=O) groups is 1. The van der Waals surface area contributed by atoms with Crippen molar-refractivity contribution in [3.8, 4) is 6.07 Å². The molecule has 1 aromatic rings. The lowest BCUT2D eigenvalue weighted by Crippen LogP contribution is -2.26. The van der Waals surface area contributed by atoms with Crippen molar-refractivity contribution in [2.75, 3.05) is 5.32 Å². The van der Waals surface area contributed by atoms with E-state index in [1.165, 1.54) is 42.5 Å². The number of thiophene rings is 1. The van der Waals surface area contributed by atoms with Gasteiger partial charge in [-0.25, -0.2) is 0 Å². The second-order valence-electron chi connectivity index (χ2n) is 9.04. The molecule has 0 saturated heterocycles. The minimum absolute atomic E-state index is 0.0611. The van der Waals surface area contributed by atoms with Crippen LogP contribution in [0.25, 0.3) is 0 Å². The first kappa shape index (κ1) is 22.0. The van der Waals surface area contributed by atoms with Gasteiger partial charge in [-0.1, -0.05) is 66.2 Å². The van der Waals surface area contributed by atoms with E-state index >= 15 is 0 Å². The van der Waals surface area contributed by atoms with E-state index in [1.807, 2.05) is 0 Å². The summed E-state index contributed by atoms with van der Waals surface area (Å²) in [6.07, 6.45) is 12.1. The molecule has 27 heavy (non-hydrogen) atoms. The van der Waals surface area contributed by atoms with Gasteiger partial charge in [0.15, 0.2) is 0 Å². The maximum absolute atomic E-state index is 12.3. The number of hydrogen-bond acceptors (Lipinski definition) is 3. The number of fused-ring (bicyclic) bond motifs is 1. The van der Waals surface area contributed by atoms with Crippen LogP contribution in [0.3, 0.4) is 0 Å². The molecule has 1 amide bonds. The molecule has 4 heteroatoms. The molecule has 0 spiro atoms. The molecule has 3 nitrogen and oxygen atoms in total. The smallest absolute Gasteiger partial charge is 0.225 e. The first-order valence-electron chi connectivity index (χ1n) is 10.7. The van der Waals surface area contributed by atoms with E-state index in [-0.39, 0.29) is 11.3 Å². The molecule has 1 N–H and O–H groups in total. The van der Waals surface area contributed by atoms with Gasteiger partial charge >= 0.3 is 0 Å². The van der Waals surface area contributed by atoms with Crippen LogP contribution in [-0.4, -0.2) is 5.91 Å². The molecule has 1 atom stereocenters. The highest BCUT2D eigenvalue weighted by molar-refractivity contribution is 7.16. The monoisotopic (exact) mass is 388 g/mol. The SMILES string of the molecule is CCCCCCCCCC(=O)Nc1sc2c(c1C#N)CCC(C(C)(C)C)C2. The van der Waals surface area contributed by atoms with Crippen LogP contribution in [0.15, 0.2) is 0 Å². The second kappa shape index (κ2) is 10.3. The van der Waals surface area contributed by atoms with Gasteiger partial charge in [0, 0.05) is 11.3 Å². The van der Waals surface area contributed by atoms with Gasteiger partial charge in [0.25, 0.3) is 0 Å². The van der Waals surface area contributed by atoms with Gasteiger partial charge in [0.1, 0.15) is 11.1 Å². The topological polar surface area (TPSA) is 52.9 Å². The lowest BCUT2D eigenvalue weighted by molar-refractivity contribution is -0.116. The average Bonchev–Trinajstić information content (AvgIpc) is 2.96. The average molecular weight is 389 g/mol. The molecule has 1 unspecified atom stereocenters. The summed E-state index contributed by atoms with van der Waals surface area (Å²) in [5, 5.41) is 13.4. The number of nitrogens with zero attached hydrogens (tertiary/aromatic N) is 1. The Hall–Kier alpha value is -1.34. The summed E-state index contributed by atoms with van der Waals surface area (Å²) in [6, 6.07) is 2.35. The Balaban J connectivity index is 1.87. The number of unbranched alkanes of at least 4 members (excludes halogenated alkanes) is 6. The highest BCUT2D eigenvalue weighted by atomic mass is 32.1. The fourth-order valence-electron chi connectivity index (χ4n) is 3.96. The van der Waals surface area contributed by atoms with Crippen LogP contribution in [0.2, 0.25) is 0 Å². The van der Waals surface area contributed by atoms with E-state index in [1.54, 1.807) is 11.3 Å². The predicted octanol–water partition coefficient (Wildman–Crippen LogP) is 6.85. The molecular formula is C23H36N2OS. The number of hydrogen-bond donors (Lipinski definition) is 1. The van der Waals surface area contributed by atoms with E-state index in [4.69, 9.17) is 0 Å². The van der Waals surface area contributed by atoms with Crippen molar-refractivity contribution >= 4 is 22.2 Å². The number of amides is 1. The lowest BCUT2D eigenvalue weighted by atomic mass is 9.72. The summed E-state index contributed by atoms with van der Waals surface area (Å²) < 4.78 is 0. The van der Waals surface area contributed by atoms with Gasteiger partial charge in [0.2, 0.25) is 5.91 Å². The third-order valence-corrected chi connectivity index (χ3v) is 7.03. The second-order valence-corrected chi connectivity index (χ2v) is 10.2. The van der Waals surface area contributed by atoms with Crippen molar-refractivity contribution in [2.24, 2.45) is 11.3 Å². The van der Waals surface area contributed by atoms with Crippen LogP contribution >= 0.6 is 11.3 Å². The lowest BCUT2D eigenvalue weighted by Gasteiger charge is -2.33. The van der Waals surface area contributed by atoms with Crippen molar-refractivity contribution in [1.29, 1.82) is 5.26 Å². The van der Waals surface area contributed by atoms with Crippen LogP contribution < -0.4 is 5.32 Å². The summed E-state index contributed by atoms with van der Waals surface area (Å²) in [7, 11) is 0. The van der Waals surface area contributed by atoms with Crippen molar-refractivity contribution < 1.29 is 4.79 Å². The molecule has 0 saturated carbocycles. The molecule has 1 heterocycles. The molecule has 150 valence electrons. The van der Waals surface area contributed by atoms with E-state index < -0.39 is 0 Å². The third kappa shape index (κ3) is 6.35. The van der Waals surface area contributed by atoms with Gasteiger partial charge in [-0.2, -0.15) is 5.26 Å². The molecule has 0 aromatic carbocycles. The Kier molecular flexibility index (Phi) is 8.35. The number of anilines is 1. The minimum Gasteiger partial charge on any atom is -0.317 e. The van der Waals surface area contributed by atoms with Crippen molar-refractivity contribution in [3.63, 3.8) is 0 Å². The number of nitriles is 1. The molecule has 0 aliphatic heterocycles. The maximum atomic E-state index is 12.3. The number of nitrogens with one attached hydrogen (secondary N) is 1. The standard InChI is InChI=1S/C23H36N2OS/c1-5-6-7-8-9-10-11-12-21(26)25-22-19(16-24)18-14-13-17(23(2,3)4)15-20(18)27-22/h17H,5-15H2,1-4H3,(H,25,26). The van der Waals surface area contributed by atoms with Crippen molar-refractivity contribution in [2.45, 2.75) is 98.3 Å². The zero-order valence-corrected chi connectivity index (χ0v) is 18.4. The highest BCUT2D eigenvalue weighted by Gasteiger charge is 2.32. The Morgan fingerprint density at radius 3 is 2.48 bits per heavy atom. The molecule has 0 fully saturated rings. The molecule has 0 radical (unpaired) electrons. The number of rotatable bonds is 9. The minimum atomic E-state index is 0.0611. The predicted molar refractivity (Wildman–Crippen MR) is 115 cm³/mol. The Morgan fingerprint density at radius 1 is 1.19 bits per heavy atom. The molecule has 2 rings (SSSR count). The van der Waals surface area contributed by atoms with Gasteiger partial charge in [0.05, 0.1) is 5.56 Å². The van der Waals surface area contributed by atoms with Gasteiger partial charge < -0.3 is 5.32 Å². The summed E-state index contributed by atoms with van der Waals surface area (Å²) in [4.78, 5) is 13.6. The molecule has 0 bridgehead atoms. The summed E-state index contributed by atoms with van der Waals surface area (Å²) in [6.45, 7) is 9.12. The summed E-state index contributed by atoms with van der Waals surface area (Å²) >= 11 is 1.63. The largest absolute Gasteiger partial charge is 0.317 e. The van der Waals surface area contributed by atoms with Gasteiger partial charge in [-0.3, -0.25) is 4.79 Å². The fourth-order valence-corrected chi connectivity index (χ4v) is 5.26. The zero-order valence-electron chi connectivity index (χ0n) is 17.6. The third-order valence-electron chi connectivity index (χ3n) is 5.86. The zero-order chi connectivity index (χ0) is 19.9. The first-order valence-corrected chi connectivity index (χ1v) is 11.5. The van der Waals surface area contributed by atoms with Crippen LogP contribution in [0.5, 0.6) is 0 Å². The molecule has 1 aliphatic carbocycles. The highest BCUT2D eigenvalue weighted by Crippen LogP contribution is 2.44. The quantitative estimate of drug-likeness (QED) is 0.470. The fraction of sp³-hybridized carbons (Fsp3) is 0.739. The molecule has 1 aliphatic rings. The number of carbonyl (C=O) groups excluding carboxylic acids is 1. The molecule has 1 aromatic heterocycles. The van der Waals surface area contributed by atoms with E-state index in [0.29, 0.717) is 12.3 Å².